The lowest BCUT2D eigenvalue weighted by molar-refractivity contribution is -0.122. The number of amides is 4. The Kier molecular flexibility index (Phi) is 5.04. The first kappa shape index (κ1) is 17.7. The van der Waals surface area contributed by atoms with Crippen molar-refractivity contribution >= 4 is 41.2 Å². The Hall–Kier alpha value is -3.12. The van der Waals surface area contributed by atoms with Gasteiger partial charge in [-0.25, -0.2) is 9.69 Å². The predicted octanol–water partition coefficient (Wildman–Crippen LogP) is 3.41. The van der Waals surface area contributed by atoms with Gasteiger partial charge >= 0.3 is 6.03 Å². The number of barbiturate groups is 1. The molecule has 2 aromatic carbocycles. The molecule has 1 heterocycles. The number of hydrogen-bond acceptors (Lipinski definition) is 4. The standard InChI is InChI=1S/C19H15ClN2O4/c1-2-26-15-8-6-12(7-9-15)10-16-17(23)21-19(25)22(18(16)24)14-5-3-4-13(20)11-14/h3-11H,2H2,1H3,(H,21,23,25)/b16-10+. The largest absolute Gasteiger partial charge is 0.494 e. The lowest BCUT2D eigenvalue weighted by Gasteiger charge is -2.26. The zero-order valence-corrected chi connectivity index (χ0v) is 14.6. The first-order valence-electron chi connectivity index (χ1n) is 7.89. The van der Waals surface area contributed by atoms with Crippen molar-refractivity contribution in [1.82, 2.24) is 5.32 Å². The zero-order valence-electron chi connectivity index (χ0n) is 13.9. The van der Waals surface area contributed by atoms with Crippen LogP contribution in [-0.2, 0) is 9.59 Å². The topological polar surface area (TPSA) is 75.7 Å². The summed E-state index contributed by atoms with van der Waals surface area (Å²) in [6.07, 6.45) is 1.43. The number of nitrogens with one attached hydrogen (secondary N) is 1. The predicted molar refractivity (Wildman–Crippen MR) is 98.1 cm³/mol. The van der Waals surface area contributed by atoms with Gasteiger partial charge in [0.15, 0.2) is 0 Å². The normalized spacial score (nSPS) is 16.0. The molecule has 0 radical (unpaired) electrons. The highest BCUT2D eigenvalue weighted by Gasteiger charge is 2.36. The SMILES string of the molecule is CCOc1ccc(/C=C2\C(=O)NC(=O)N(c3cccc(Cl)c3)C2=O)cc1. The van der Waals surface area contributed by atoms with E-state index in [1.165, 1.54) is 12.1 Å². The summed E-state index contributed by atoms with van der Waals surface area (Å²) in [5.41, 5.74) is 0.770. The minimum atomic E-state index is -0.814. The fourth-order valence-corrected chi connectivity index (χ4v) is 2.69. The highest BCUT2D eigenvalue weighted by Crippen LogP contribution is 2.24. The first-order valence-corrected chi connectivity index (χ1v) is 8.27. The first-order chi connectivity index (χ1) is 12.5. The third-order valence-electron chi connectivity index (χ3n) is 3.67. The van der Waals surface area contributed by atoms with E-state index in [9.17, 15) is 14.4 Å². The van der Waals surface area contributed by atoms with Gasteiger partial charge in [-0.1, -0.05) is 29.8 Å². The minimum absolute atomic E-state index is 0.145. The van der Waals surface area contributed by atoms with E-state index < -0.39 is 17.8 Å². The Morgan fingerprint density at radius 2 is 1.85 bits per heavy atom. The van der Waals surface area contributed by atoms with Crippen LogP contribution in [0.25, 0.3) is 6.08 Å². The summed E-state index contributed by atoms with van der Waals surface area (Å²) in [6.45, 7) is 2.42. The molecule has 0 aromatic heterocycles. The van der Waals surface area contributed by atoms with Crippen molar-refractivity contribution in [3.05, 3.63) is 64.7 Å². The number of carbonyl (C=O) groups is 3. The number of rotatable bonds is 4. The number of hydrogen-bond donors (Lipinski definition) is 1. The molecule has 1 fully saturated rings. The molecule has 3 rings (SSSR count). The molecule has 132 valence electrons. The average molecular weight is 371 g/mol. The van der Waals surface area contributed by atoms with Gasteiger partial charge in [-0.2, -0.15) is 0 Å². The van der Waals surface area contributed by atoms with Crippen LogP contribution in [0.4, 0.5) is 10.5 Å². The zero-order chi connectivity index (χ0) is 18.7. The molecule has 1 saturated heterocycles. The molecule has 0 spiro atoms. The number of nitrogens with zero attached hydrogens (tertiary/aromatic N) is 1. The molecule has 1 aliphatic heterocycles. The second-order valence-corrected chi connectivity index (χ2v) is 5.88. The van der Waals surface area contributed by atoms with Crippen molar-refractivity contribution in [3.8, 4) is 5.75 Å². The van der Waals surface area contributed by atoms with Crippen LogP contribution in [0.15, 0.2) is 54.1 Å². The minimum Gasteiger partial charge on any atom is -0.494 e. The average Bonchev–Trinajstić information content (AvgIpc) is 2.60. The number of halogens is 1. The van der Waals surface area contributed by atoms with E-state index in [0.29, 0.717) is 22.9 Å². The maximum atomic E-state index is 12.7. The van der Waals surface area contributed by atoms with Gasteiger partial charge in [-0.15, -0.1) is 0 Å². The van der Waals surface area contributed by atoms with Crippen LogP contribution in [0, 0.1) is 0 Å². The summed E-state index contributed by atoms with van der Waals surface area (Å²) in [5.74, 6) is -0.771. The Morgan fingerprint density at radius 1 is 1.12 bits per heavy atom. The Bertz CT molecular complexity index is 906. The number of ether oxygens (including phenoxy) is 1. The molecular weight excluding hydrogens is 356 g/mol. The third kappa shape index (κ3) is 3.60. The summed E-state index contributed by atoms with van der Waals surface area (Å²) >= 11 is 5.93. The third-order valence-corrected chi connectivity index (χ3v) is 3.91. The van der Waals surface area contributed by atoms with Crippen LogP contribution in [0.2, 0.25) is 5.02 Å². The summed E-state index contributed by atoms with van der Waals surface area (Å²) in [6, 6.07) is 12.4. The van der Waals surface area contributed by atoms with Crippen molar-refractivity contribution in [2.75, 3.05) is 11.5 Å². The van der Waals surface area contributed by atoms with Gasteiger partial charge in [0.2, 0.25) is 0 Å². The highest BCUT2D eigenvalue weighted by molar-refractivity contribution is 6.39. The molecule has 4 amide bonds. The fraction of sp³-hybridized carbons (Fsp3) is 0.105. The van der Waals surface area contributed by atoms with E-state index in [1.54, 1.807) is 42.5 Å². The molecule has 0 atom stereocenters. The van der Waals surface area contributed by atoms with Gasteiger partial charge in [-0.05, 0) is 48.9 Å². The van der Waals surface area contributed by atoms with Crippen molar-refractivity contribution < 1.29 is 19.1 Å². The van der Waals surface area contributed by atoms with Crippen molar-refractivity contribution in [3.63, 3.8) is 0 Å². The van der Waals surface area contributed by atoms with Gasteiger partial charge < -0.3 is 4.74 Å². The van der Waals surface area contributed by atoms with E-state index in [-0.39, 0.29) is 11.3 Å². The van der Waals surface area contributed by atoms with Crippen LogP contribution in [-0.4, -0.2) is 24.5 Å². The van der Waals surface area contributed by atoms with Gasteiger partial charge in [0.05, 0.1) is 12.3 Å². The lowest BCUT2D eigenvalue weighted by Crippen LogP contribution is -2.54. The van der Waals surface area contributed by atoms with Crippen molar-refractivity contribution in [1.29, 1.82) is 0 Å². The van der Waals surface area contributed by atoms with Crippen LogP contribution in [0.5, 0.6) is 5.75 Å². The lowest BCUT2D eigenvalue weighted by atomic mass is 10.1. The van der Waals surface area contributed by atoms with Gasteiger partial charge in [0, 0.05) is 5.02 Å². The van der Waals surface area contributed by atoms with Crippen LogP contribution < -0.4 is 15.0 Å². The molecule has 2 aromatic rings. The number of urea groups is 1. The summed E-state index contributed by atoms with van der Waals surface area (Å²) in [7, 11) is 0. The van der Waals surface area contributed by atoms with E-state index in [4.69, 9.17) is 16.3 Å². The van der Waals surface area contributed by atoms with Gasteiger partial charge in [0.1, 0.15) is 11.3 Å². The Labute approximate surface area is 155 Å². The molecule has 1 N–H and O–H groups in total. The molecule has 0 saturated carbocycles. The van der Waals surface area contributed by atoms with Gasteiger partial charge in [-0.3, -0.25) is 14.9 Å². The van der Waals surface area contributed by atoms with E-state index in [1.807, 2.05) is 6.92 Å². The summed E-state index contributed by atoms with van der Waals surface area (Å²) in [4.78, 5) is 37.9. The smallest absolute Gasteiger partial charge is 0.335 e. The van der Waals surface area contributed by atoms with Crippen molar-refractivity contribution in [2.45, 2.75) is 6.92 Å². The molecule has 7 heteroatoms. The van der Waals surface area contributed by atoms with Crippen LogP contribution in [0.1, 0.15) is 12.5 Å². The summed E-state index contributed by atoms with van der Waals surface area (Å²) in [5, 5.41) is 2.54. The molecular formula is C19H15ClN2O4. The number of imide groups is 2. The molecule has 0 bridgehead atoms. The van der Waals surface area contributed by atoms with Crippen LogP contribution in [0.3, 0.4) is 0 Å². The Morgan fingerprint density at radius 3 is 2.50 bits per heavy atom. The second kappa shape index (κ2) is 7.41. The molecule has 1 aliphatic rings. The maximum absolute atomic E-state index is 12.7. The van der Waals surface area contributed by atoms with Gasteiger partial charge in [0.25, 0.3) is 11.8 Å². The second-order valence-electron chi connectivity index (χ2n) is 5.44. The molecule has 6 nitrogen and oxygen atoms in total. The van der Waals surface area contributed by atoms with Crippen molar-refractivity contribution in [2.24, 2.45) is 0 Å². The van der Waals surface area contributed by atoms with Crippen LogP contribution >= 0.6 is 11.6 Å². The van der Waals surface area contributed by atoms with E-state index in [0.717, 1.165) is 4.90 Å². The monoisotopic (exact) mass is 370 g/mol. The fourth-order valence-electron chi connectivity index (χ4n) is 2.50. The number of benzene rings is 2. The quantitative estimate of drug-likeness (QED) is 0.661. The van der Waals surface area contributed by atoms with E-state index in [2.05, 4.69) is 5.32 Å². The summed E-state index contributed by atoms with van der Waals surface area (Å²) < 4.78 is 5.36. The molecule has 26 heavy (non-hydrogen) atoms. The molecule has 0 aliphatic carbocycles. The highest BCUT2D eigenvalue weighted by atomic mass is 35.5. The Balaban J connectivity index is 1.94. The maximum Gasteiger partial charge on any atom is 0.335 e. The molecule has 0 unspecified atom stereocenters. The number of carbonyl (C=O) groups excluding carboxylic acids is 3. The number of anilines is 1. The van der Waals surface area contributed by atoms with E-state index >= 15 is 0 Å².